The van der Waals surface area contributed by atoms with Crippen molar-refractivity contribution in [3.8, 4) is 5.75 Å². The molecule has 172 valence electrons. The fraction of sp³-hybridized carbons (Fsp3) is 0.435. The number of nitrogens with one attached hydrogen (secondary N) is 2. The molecule has 0 spiro atoms. The zero-order chi connectivity index (χ0) is 22.6. The maximum Gasteiger partial charge on any atom is 0.269 e. The summed E-state index contributed by atoms with van der Waals surface area (Å²) < 4.78 is 10.8. The Bertz CT molecular complexity index is 882. The lowest BCUT2D eigenvalue weighted by Gasteiger charge is -2.26. The van der Waals surface area contributed by atoms with Crippen molar-refractivity contribution >= 4 is 11.6 Å². The van der Waals surface area contributed by atoms with Crippen molar-refractivity contribution in [2.24, 2.45) is 4.99 Å². The second-order valence-corrected chi connectivity index (χ2v) is 7.46. The highest BCUT2D eigenvalue weighted by molar-refractivity contribution is 5.79. The van der Waals surface area contributed by atoms with Crippen LogP contribution in [0.25, 0.3) is 0 Å². The molecule has 1 aliphatic heterocycles. The Hall–Kier alpha value is -3.17. The average Bonchev–Trinajstić information content (AvgIpc) is 2.83. The number of nitro benzene ring substituents is 1. The van der Waals surface area contributed by atoms with Crippen LogP contribution < -0.4 is 15.4 Å². The fourth-order valence-corrected chi connectivity index (χ4v) is 3.45. The maximum absolute atomic E-state index is 10.8. The van der Waals surface area contributed by atoms with Crippen LogP contribution in [0.4, 0.5) is 5.69 Å². The van der Waals surface area contributed by atoms with E-state index in [-0.39, 0.29) is 5.69 Å². The largest absolute Gasteiger partial charge is 0.496 e. The Morgan fingerprint density at radius 3 is 2.56 bits per heavy atom. The lowest BCUT2D eigenvalue weighted by molar-refractivity contribution is -0.384. The zero-order valence-corrected chi connectivity index (χ0v) is 18.5. The van der Waals surface area contributed by atoms with E-state index < -0.39 is 4.92 Å². The topological polar surface area (TPSA) is 101 Å². The normalized spacial score (nSPS) is 14.7. The van der Waals surface area contributed by atoms with Gasteiger partial charge in [-0.3, -0.25) is 15.0 Å². The summed E-state index contributed by atoms with van der Waals surface area (Å²) in [6.45, 7) is 6.24. The minimum atomic E-state index is -0.398. The number of guanidine groups is 1. The Morgan fingerprint density at radius 1 is 1.12 bits per heavy atom. The lowest BCUT2D eigenvalue weighted by atomic mass is 10.1. The molecule has 0 aliphatic carbocycles. The van der Waals surface area contributed by atoms with Crippen molar-refractivity contribution in [2.75, 3.05) is 53.0 Å². The molecule has 32 heavy (non-hydrogen) atoms. The molecule has 9 heteroatoms. The summed E-state index contributed by atoms with van der Waals surface area (Å²) in [5, 5.41) is 17.6. The Kier molecular flexibility index (Phi) is 9.27. The highest BCUT2D eigenvalue weighted by Crippen LogP contribution is 2.17. The molecule has 1 aliphatic rings. The van der Waals surface area contributed by atoms with Gasteiger partial charge in [0.2, 0.25) is 0 Å². The molecule has 0 unspecified atom stereocenters. The zero-order valence-electron chi connectivity index (χ0n) is 18.5. The van der Waals surface area contributed by atoms with E-state index in [1.165, 1.54) is 12.1 Å². The first-order chi connectivity index (χ1) is 15.7. The lowest BCUT2D eigenvalue weighted by Crippen LogP contribution is -2.44. The first-order valence-electron chi connectivity index (χ1n) is 10.8. The number of hydrogen-bond donors (Lipinski definition) is 2. The van der Waals surface area contributed by atoms with E-state index in [9.17, 15) is 10.1 Å². The minimum Gasteiger partial charge on any atom is -0.496 e. The molecule has 0 aromatic heterocycles. The third-order valence-corrected chi connectivity index (χ3v) is 5.27. The molecule has 1 fully saturated rings. The van der Waals surface area contributed by atoms with E-state index in [0.29, 0.717) is 19.0 Å². The van der Waals surface area contributed by atoms with Crippen LogP contribution in [0.3, 0.4) is 0 Å². The van der Waals surface area contributed by atoms with E-state index >= 15 is 0 Å². The van der Waals surface area contributed by atoms with E-state index in [0.717, 1.165) is 62.7 Å². The number of benzene rings is 2. The fourth-order valence-electron chi connectivity index (χ4n) is 3.45. The minimum absolute atomic E-state index is 0.0801. The van der Waals surface area contributed by atoms with Crippen molar-refractivity contribution in [1.29, 1.82) is 0 Å². The summed E-state index contributed by atoms with van der Waals surface area (Å²) in [7, 11) is 1.68. The van der Waals surface area contributed by atoms with E-state index in [2.05, 4.69) is 26.6 Å². The van der Waals surface area contributed by atoms with Gasteiger partial charge >= 0.3 is 0 Å². The van der Waals surface area contributed by atoms with Crippen LogP contribution in [0.1, 0.15) is 11.1 Å². The summed E-state index contributed by atoms with van der Waals surface area (Å²) in [6.07, 6.45) is 0.797. The van der Waals surface area contributed by atoms with Gasteiger partial charge in [-0.05, 0) is 23.6 Å². The van der Waals surface area contributed by atoms with Crippen LogP contribution in [0.2, 0.25) is 0 Å². The van der Waals surface area contributed by atoms with E-state index in [1.54, 1.807) is 19.2 Å². The highest BCUT2D eigenvalue weighted by atomic mass is 16.6. The number of para-hydroxylation sites is 1. The molecule has 2 N–H and O–H groups in total. The van der Waals surface area contributed by atoms with E-state index in [1.807, 2.05) is 18.2 Å². The molecule has 2 aromatic rings. The van der Waals surface area contributed by atoms with Crippen LogP contribution in [-0.4, -0.2) is 68.8 Å². The second-order valence-electron chi connectivity index (χ2n) is 7.46. The standard InChI is InChI=1S/C23H31N5O4/c1-31-22-5-3-2-4-20(22)10-11-24-23(25-12-13-27-14-16-32-17-15-27)26-18-19-6-8-21(9-7-19)28(29)30/h2-9H,10-18H2,1H3,(H2,24,25,26). The molecular weight excluding hydrogens is 410 g/mol. The molecule has 2 aromatic carbocycles. The van der Waals surface area contributed by atoms with Crippen LogP contribution in [0.15, 0.2) is 53.5 Å². The Labute approximate surface area is 188 Å². The predicted molar refractivity (Wildman–Crippen MR) is 124 cm³/mol. The molecule has 3 rings (SSSR count). The van der Waals surface area contributed by atoms with E-state index in [4.69, 9.17) is 9.47 Å². The summed E-state index contributed by atoms with van der Waals surface area (Å²) in [5.41, 5.74) is 2.12. The number of nitrogens with zero attached hydrogens (tertiary/aromatic N) is 3. The maximum atomic E-state index is 10.8. The molecular formula is C23H31N5O4. The van der Waals surface area contributed by atoms with Gasteiger partial charge in [0.1, 0.15) is 5.75 Å². The van der Waals surface area contributed by atoms with Gasteiger partial charge in [0, 0.05) is 44.9 Å². The van der Waals surface area contributed by atoms with Gasteiger partial charge in [-0.1, -0.05) is 30.3 Å². The first-order valence-corrected chi connectivity index (χ1v) is 10.8. The van der Waals surface area contributed by atoms with Crippen LogP contribution in [-0.2, 0) is 17.7 Å². The molecule has 0 atom stereocenters. The van der Waals surface area contributed by atoms with Crippen LogP contribution in [0, 0.1) is 10.1 Å². The number of methoxy groups -OCH3 is 1. The van der Waals surface area contributed by atoms with Crippen molar-refractivity contribution in [1.82, 2.24) is 15.5 Å². The summed E-state index contributed by atoms with van der Waals surface area (Å²) in [5.74, 6) is 1.59. The molecule has 0 saturated carbocycles. The average molecular weight is 442 g/mol. The molecule has 1 saturated heterocycles. The predicted octanol–water partition coefficient (Wildman–Crippen LogP) is 2.21. The van der Waals surface area contributed by atoms with Gasteiger partial charge in [-0.2, -0.15) is 0 Å². The number of aliphatic imine (C=N–C) groups is 1. The molecule has 1 heterocycles. The molecule has 0 amide bonds. The third-order valence-electron chi connectivity index (χ3n) is 5.27. The van der Waals surface area contributed by atoms with Crippen molar-refractivity contribution in [3.05, 3.63) is 69.8 Å². The molecule has 0 bridgehead atoms. The van der Waals surface area contributed by atoms with Gasteiger partial charge in [-0.25, -0.2) is 4.99 Å². The SMILES string of the molecule is COc1ccccc1CCNC(=NCc1ccc([N+](=O)[O-])cc1)NCCN1CCOCC1. The number of hydrogen-bond acceptors (Lipinski definition) is 6. The van der Waals surface area contributed by atoms with Gasteiger partial charge in [0.05, 0.1) is 31.8 Å². The molecule has 0 radical (unpaired) electrons. The van der Waals surface area contributed by atoms with Gasteiger partial charge < -0.3 is 20.1 Å². The quantitative estimate of drug-likeness (QED) is 0.252. The smallest absolute Gasteiger partial charge is 0.269 e. The van der Waals surface area contributed by atoms with Gasteiger partial charge in [0.25, 0.3) is 5.69 Å². The summed E-state index contributed by atoms with van der Waals surface area (Å²) in [6, 6.07) is 14.5. The number of rotatable bonds is 10. The second kappa shape index (κ2) is 12.6. The number of nitro groups is 1. The Morgan fingerprint density at radius 2 is 1.84 bits per heavy atom. The van der Waals surface area contributed by atoms with Crippen molar-refractivity contribution in [2.45, 2.75) is 13.0 Å². The number of ether oxygens (including phenoxy) is 2. The monoisotopic (exact) mass is 441 g/mol. The van der Waals surface area contributed by atoms with Gasteiger partial charge in [-0.15, -0.1) is 0 Å². The summed E-state index contributed by atoms with van der Waals surface area (Å²) >= 11 is 0. The number of morpholine rings is 1. The van der Waals surface area contributed by atoms with Gasteiger partial charge in [0.15, 0.2) is 5.96 Å². The van der Waals surface area contributed by atoms with Crippen molar-refractivity contribution in [3.63, 3.8) is 0 Å². The first kappa shape index (κ1) is 23.5. The number of non-ortho nitro benzene ring substituents is 1. The summed E-state index contributed by atoms with van der Waals surface area (Å²) in [4.78, 5) is 17.5. The van der Waals surface area contributed by atoms with Crippen molar-refractivity contribution < 1.29 is 14.4 Å². The highest BCUT2D eigenvalue weighted by Gasteiger charge is 2.10. The Balaban J connectivity index is 1.57. The third kappa shape index (κ3) is 7.51. The van der Waals surface area contributed by atoms with Crippen LogP contribution in [0.5, 0.6) is 5.75 Å². The molecule has 9 nitrogen and oxygen atoms in total. The van der Waals surface area contributed by atoms with Crippen LogP contribution >= 0.6 is 0 Å².